The van der Waals surface area contributed by atoms with Crippen molar-refractivity contribution in [3.8, 4) is 0 Å². The number of piperidine rings is 1. The molecule has 0 radical (unpaired) electrons. The van der Waals surface area contributed by atoms with E-state index in [9.17, 15) is 14.7 Å². The van der Waals surface area contributed by atoms with Crippen molar-refractivity contribution in [3.05, 3.63) is 24.2 Å². The molecule has 0 bridgehead atoms. The highest BCUT2D eigenvalue weighted by molar-refractivity contribution is 6.03. The molecule has 1 aliphatic rings. The number of rotatable bonds is 4. The number of hydrogen-bond donors (Lipinski definition) is 2. The van der Waals surface area contributed by atoms with Crippen LogP contribution in [0.4, 0.5) is 0 Å². The maximum Gasteiger partial charge on any atom is 0.293 e. The fourth-order valence-electron chi connectivity index (χ4n) is 2.29. The van der Waals surface area contributed by atoms with Crippen LogP contribution in [0.1, 0.15) is 29.8 Å². The highest BCUT2D eigenvalue weighted by Crippen LogP contribution is 2.15. The van der Waals surface area contributed by atoms with Crippen molar-refractivity contribution in [2.45, 2.75) is 25.3 Å². The molecule has 2 heterocycles. The maximum atomic E-state index is 11.8. The van der Waals surface area contributed by atoms with Crippen molar-refractivity contribution in [3.63, 3.8) is 0 Å². The van der Waals surface area contributed by atoms with E-state index in [2.05, 4.69) is 5.32 Å². The molecule has 1 aliphatic heterocycles. The van der Waals surface area contributed by atoms with Crippen LogP contribution in [-0.2, 0) is 4.79 Å². The summed E-state index contributed by atoms with van der Waals surface area (Å²) in [5.74, 6) is -0.792. The van der Waals surface area contributed by atoms with Gasteiger partial charge in [0.05, 0.1) is 19.4 Å². The number of aliphatic hydroxyl groups is 1. The van der Waals surface area contributed by atoms with E-state index in [1.807, 2.05) is 4.90 Å². The maximum absolute atomic E-state index is 11.8. The smallest absolute Gasteiger partial charge is 0.293 e. The Hall–Kier alpha value is -1.66. The first-order valence-electron chi connectivity index (χ1n) is 6.43. The third-order valence-electron chi connectivity index (χ3n) is 3.30. The number of likely N-dealkylation sites (tertiary alicyclic amines) is 1. The average molecular weight is 266 g/mol. The van der Waals surface area contributed by atoms with E-state index in [0.717, 1.165) is 25.8 Å². The van der Waals surface area contributed by atoms with Crippen LogP contribution in [0, 0.1) is 0 Å². The van der Waals surface area contributed by atoms with Crippen LogP contribution in [0.5, 0.6) is 0 Å². The number of carbonyl (C=O) groups excluding carboxylic acids is 2. The summed E-state index contributed by atoms with van der Waals surface area (Å²) in [5.41, 5.74) is 0. The van der Waals surface area contributed by atoms with Crippen LogP contribution in [0.25, 0.3) is 0 Å². The van der Waals surface area contributed by atoms with Crippen molar-refractivity contribution in [1.82, 2.24) is 10.2 Å². The monoisotopic (exact) mass is 266 g/mol. The van der Waals surface area contributed by atoms with Gasteiger partial charge in [0.15, 0.2) is 5.76 Å². The quantitative estimate of drug-likeness (QED) is 0.823. The first-order chi connectivity index (χ1) is 9.20. The summed E-state index contributed by atoms with van der Waals surface area (Å²) in [6.45, 7) is 0.935. The number of imide groups is 1. The summed E-state index contributed by atoms with van der Waals surface area (Å²) < 4.78 is 4.91. The molecule has 0 aliphatic carbocycles. The predicted octanol–water partition coefficient (Wildman–Crippen LogP) is 0.383. The molecule has 2 rings (SSSR count). The minimum absolute atomic E-state index is 0.0122. The molecule has 6 heteroatoms. The summed E-state index contributed by atoms with van der Waals surface area (Å²) in [6.07, 6.45) is 4.34. The Morgan fingerprint density at radius 1 is 1.47 bits per heavy atom. The molecule has 1 aromatic heterocycles. The zero-order valence-corrected chi connectivity index (χ0v) is 10.7. The second-order valence-corrected chi connectivity index (χ2v) is 4.66. The molecule has 1 unspecified atom stereocenters. The highest BCUT2D eigenvalue weighted by atomic mass is 16.3. The van der Waals surface area contributed by atoms with Gasteiger partial charge >= 0.3 is 0 Å². The number of nitrogens with zero attached hydrogens (tertiary/aromatic N) is 1. The fourth-order valence-corrected chi connectivity index (χ4v) is 2.29. The van der Waals surface area contributed by atoms with Gasteiger partial charge in [0.25, 0.3) is 5.91 Å². The molecule has 6 nitrogen and oxygen atoms in total. The van der Waals surface area contributed by atoms with Gasteiger partial charge in [-0.05, 0) is 31.5 Å². The molecule has 104 valence electrons. The lowest BCUT2D eigenvalue weighted by Crippen LogP contribution is -2.48. The van der Waals surface area contributed by atoms with Gasteiger partial charge in [0.2, 0.25) is 5.91 Å². The molecule has 1 saturated heterocycles. The Balaban J connectivity index is 1.85. The van der Waals surface area contributed by atoms with E-state index in [-0.39, 0.29) is 30.9 Å². The van der Waals surface area contributed by atoms with Gasteiger partial charge in [-0.15, -0.1) is 0 Å². The number of carbonyl (C=O) groups is 2. The lowest BCUT2D eigenvalue weighted by atomic mass is 10.0. The molecule has 1 atom stereocenters. The normalized spacial score (nSPS) is 20.2. The minimum Gasteiger partial charge on any atom is -0.459 e. The van der Waals surface area contributed by atoms with Gasteiger partial charge < -0.3 is 9.52 Å². The van der Waals surface area contributed by atoms with Gasteiger partial charge in [0.1, 0.15) is 0 Å². The molecule has 1 aromatic rings. The Morgan fingerprint density at radius 2 is 2.32 bits per heavy atom. The van der Waals surface area contributed by atoms with E-state index in [4.69, 9.17) is 4.42 Å². The number of furan rings is 1. The predicted molar refractivity (Wildman–Crippen MR) is 67.5 cm³/mol. The zero-order chi connectivity index (χ0) is 13.7. The van der Waals surface area contributed by atoms with Crippen LogP contribution in [0.3, 0.4) is 0 Å². The van der Waals surface area contributed by atoms with Crippen molar-refractivity contribution >= 4 is 11.8 Å². The molecule has 2 amide bonds. The molecule has 0 spiro atoms. The number of amides is 2. The molecule has 19 heavy (non-hydrogen) atoms. The summed E-state index contributed by atoms with van der Waals surface area (Å²) in [5, 5.41) is 11.5. The highest BCUT2D eigenvalue weighted by Gasteiger charge is 2.24. The summed E-state index contributed by atoms with van der Waals surface area (Å²) in [7, 11) is 0. The Bertz CT molecular complexity index is 430. The fraction of sp³-hybridized carbons (Fsp3) is 0.538. The minimum atomic E-state index is -0.535. The summed E-state index contributed by atoms with van der Waals surface area (Å²) in [6, 6.07) is 3.10. The largest absolute Gasteiger partial charge is 0.459 e. The van der Waals surface area contributed by atoms with E-state index >= 15 is 0 Å². The van der Waals surface area contributed by atoms with Gasteiger partial charge in [-0.2, -0.15) is 0 Å². The summed E-state index contributed by atoms with van der Waals surface area (Å²) in [4.78, 5) is 25.3. The molecular weight excluding hydrogens is 248 g/mol. The number of aliphatic hydroxyl groups excluding tert-OH is 1. The van der Waals surface area contributed by atoms with Gasteiger partial charge in [-0.1, -0.05) is 6.42 Å². The van der Waals surface area contributed by atoms with Crippen LogP contribution in [0.2, 0.25) is 0 Å². The van der Waals surface area contributed by atoms with E-state index < -0.39 is 5.91 Å². The van der Waals surface area contributed by atoms with Crippen LogP contribution in [0.15, 0.2) is 22.8 Å². The van der Waals surface area contributed by atoms with E-state index in [1.165, 1.54) is 12.3 Å². The second kappa shape index (κ2) is 6.49. The number of hydrogen-bond acceptors (Lipinski definition) is 5. The lowest BCUT2D eigenvalue weighted by molar-refractivity contribution is -0.122. The molecular formula is C13H18N2O4. The molecule has 0 saturated carbocycles. The topological polar surface area (TPSA) is 82.8 Å². The van der Waals surface area contributed by atoms with Gasteiger partial charge in [-0.25, -0.2) is 0 Å². The van der Waals surface area contributed by atoms with Crippen LogP contribution < -0.4 is 5.32 Å². The van der Waals surface area contributed by atoms with Crippen molar-refractivity contribution in [1.29, 1.82) is 0 Å². The Kier molecular flexibility index (Phi) is 4.70. The second-order valence-electron chi connectivity index (χ2n) is 4.66. The standard InChI is InChI=1S/C13H18N2O4/c16-9-10-4-1-2-6-15(10)8-12(17)14-13(18)11-5-3-7-19-11/h3,5,7,10,16H,1-2,4,6,8-9H2,(H,14,17,18). The number of nitrogens with one attached hydrogen (secondary N) is 1. The first-order valence-corrected chi connectivity index (χ1v) is 6.43. The van der Waals surface area contributed by atoms with Crippen LogP contribution >= 0.6 is 0 Å². The van der Waals surface area contributed by atoms with E-state index in [0.29, 0.717) is 0 Å². The van der Waals surface area contributed by atoms with E-state index in [1.54, 1.807) is 6.07 Å². The Morgan fingerprint density at radius 3 is 3.00 bits per heavy atom. The third kappa shape index (κ3) is 3.65. The zero-order valence-electron chi connectivity index (χ0n) is 10.7. The third-order valence-corrected chi connectivity index (χ3v) is 3.30. The first kappa shape index (κ1) is 13.8. The molecule has 1 fully saturated rings. The van der Waals surface area contributed by atoms with Crippen molar-refractivity contribution in [2.24, 2.45) is 0 Å². The summed E-state index contributed by atoms with van der Waals surface area (Å²) >= 11 is 0. The molecule has 2 N–H and O–H groups in total. The lowest BCUT2D eigenvalue weighted by Gasteiger charge is -2.33. The molecule has 0 aromatic carbocycles. The van der Waals surface area contributed by atoms with Crippen LogP contribution in [-0.4, -0.2) is 47.6 Å². The van der Waals surface area contributed by atoms with Gasteiger partial charge in [-0.3, -0.25) is 19.8 Å². The van der Waals surface area contributed by atoms with Crippen molar-refractivity contribution in [2.75, 3.05) is 19.7 Å². The van der Waals surface area contributed by atoms with Crippen molar-refractivity contribution < 1.29 is 19.1 Å². The average Bonchev–Trinajstić information content (AvgIpc) is 2.93. The van der Waals surface area contributed by atoms with Gasteiger partial charge in [0, 0.05) is 6.04 Å². The SMILES string of the molecule is O=C(CN1CCCCC1CO)NC(=O)c1ccco1. The Labute approximate surface area is 111 Å².